The van der Waals surface area contributed by atoms with E-state index in [2.05, 4.69) is 29.7 Å². The van der Waals surface area contributed by atoms with Gasteiger partial charge in [-0.3, -0.25) is 15.1 Å². The maximum absolute atomic E-state index is 13.1. The average molecular weight is 442 g/mol. The summed E-state index contributed by atoms with van der Waals surface area (Å²) >= 11 is 2.91. The van der Waals surface area contributed by atoms with Gasteiger partial charge in [0.15, 0.2) is 0 Å². The molecule has 0 radical (unpaired) electrons. The zero-order valence-corrected chi connectivity index (χ0v) is 17.0. The number of aromatic nitrogens is 2. The van der Waals surface area contributed by atoms with Gasteiger partial charge >= 0.3 is 68.1 Å². The van der Waals surface area contributed by atoms with E-state index in [9.17, 15) is 14.5 Å². The summed E-state index contributed by atoms with van der Waals surface area (Å²) in [6.07, 6.45) is 3.41. The van der Waals surface area contributed by atoms with Crippen LogP contribution in [0.4, 0.5) is 10.1 Å². The summed E-state index contributed by atoms with van der Waals surface area (Å²) in [6.45, 7) is 0. The van der Waals surface area contributed by atoms with Gasteiger partial charge in [-0.05, 0) is 24.3 Å². The Bertz CT molecular complexity index is 807. The Kier molecular flexibility index (Phi) is 7.09. The third-order valence-electron chi connectivity index (χ3n) is 2.97. The van der Waals surface area contributed by atoms with Crippen molar-refractivity contribution in [3.05, 3.63) is 82.9 Å². The van der Waals surface area contributed by atoms with Crippen molar-refractivity contribution in [3.63, 3.8) is 0 Å². The SMILES string of the molecule is O=[N+]([O-])c1cc(-c2ccccn2)ccc1F.[Br][Zn][c]1ccccn1. The number of benzene rings is 1. The van der Waals surface area contributed by atoms with Crippen molar-refractivity contribution in [2.24, 2.45) is 0 Å². The Morgan fingerprint density at radius 1 is 1.04 bits per heavy atom. The second-order valence-corrected chi connectivity index (χ2v) is 9.59. The molecule has 118 valence electrons. The van der Waals surface area contributed by atoms with E-state index in [4.69, 9.17) is 0 Å². The molecule has 1 aromatic carbocycles. The van der Waals surface area contributed by atoms with Gasteiger partial charge in [-0.15, -0.1) is 0 Å². The van der Waals surface area contributed by atoms with Crippen molar-refractivity contribution in [3.8, 4) is 11.3 Å². The van der Waals surface area contributed by atoms with Crippen LogP contribution in [0.1, 0.15) is 0 Å². The van der Waals surface area contributed by atoms with E-state index in [1.165, 1.54) is 16.4 Å². The fourth-order valence-corrected chi connectivity index (χ4v) is 4.38. The summed E-state index contributed by atoms with van der Waals surface area (Å²) in [5.74, 6) is -0.843. The molecule has 0 amide bonds. The van der Waals surface area contributed by atoms with E-state index in [0.717, 1.165) is 6.07 Å². The Balaban J connectivity index is 0.000000219. The molecule has 0 fully saturated rings. The van der Waals surface area contributed by atoms with Crippen molar-refractivity contribution in [2.75, 3.05) is 0 Å². The summed E-state index contributed by atoms with van der Waals surface area (Å²) < 4.78 is 14.3. The fraction of sp³-hybridized carbons (Fsp3) is 0. The molecule has 3 rings (SSSR count). The molecule has 3 aromatic rings. The van der Waals surface area contributed by atoms with Gasteiger partial charge in [0.2, 0.25) is 5.82 Å². The van der Waals surface area contributed by atoms with Crippen molar-refractivity contribution >= 4 is 23.6 Å². The summed E-state index contributed by atoms with van der Waals surface area (Å²) in [7, 11) is 0. The predicted molar refractivity (Wildman–Crippen MR) is 89.1 cm³/mol. The summed E-state index contributed by atoms with van der Waals surface area (Å²) in [5, 5.41) is 10.6. The van der Waals surface area contributed by atoms with E-state index < -0.39 is 31.6 Å². The van der Waals surface area contributed by atoms with Crippen LogP contribution in [0.3, 0.4) is 0 Å². The van der Waals surface area contributed by atoms with Gasteiger partial charge in [-0.25, -0.2) is 0 Å². The fourth-order valence-electron chi connectivity index (χ4n) is 1.82. The minimum absolute atomic E-state index is 0.522. The Labute approximate surface area is 152 Å². The molecule has 0 aliphatic carbocycles. The number of halogens is 2. The molecule has 0 aliphatic heterocycles. The number of hydrogen-bond acceptors (Lipinski definition) is 4. The first-order valence-corrected chi connectivity index (χ1v) is 15.4. The Morgan fingerprint density at radius 3 is 2.25 bits per heavy atom. The number of nitro benzene ring substituents is 1. The first kappa shape index (κ1) is 18.3. The van der Waals surface area contributed by atoms with Gasteiger partial charge in [0, 0.05) is 17.8 Å². The average Bonchev–Trinajstić information content (AvgIpc) is 2.64. The Hall–Kier alpha value is -2.05. The minimum atomic E-state index is -0.843. The molecule has 24 heavy (non-hydrogen) atoms. The molecule has 0 bridgehead atoms. The molecule has 8 heteroatoms. The van der Waals surface area contributed by atoms with Crippen LogP contribution in [-0.2, 0) is 15.2 Å². The van der Waals surface area contributed by atoms with Crippen LogP contribution in [0.5, 0.6) is 0 Å². The number of hydrogen-bond donors (Lipinski definition) is 0. The molecule has 0 saturated heterocycles. The van der Waals surface area contributed by atoms with Crippen LogP contribution in [0.25, 0.3) is 11.3 Å². The van der Waals surface area contributed by atoms with Crippen LogP contribution < -0.4 is 4.29 Å². The van der Waals surface area contributed by atoms with E-state index >= 15 is 0 Å². The van der Waals surface area contributed by atoms with Crippen molar-refractivity contribution in [1.82, 2.24) is 9.97 Å². The Morgan fingerprint density at radius 2 is 1.75 bits per heavy atom. The molecule has 0 saturated carbocycles. The maximum atomic E-state index is 13.1. The second kappa shape index (κ2) is 9.30. The van der Waals surface area contributed by atoms with Gasteiger partial charge in [0.25, 0.3) is 0 Å². The topological polar surface area (TPSA) is 68.9 Å². The van der Waals surface area contributed by atoms with Crippen LogP contribution in [0.15, 0.2) is 67.0 Å². The molecule has 0 atom stereocenters. The first-order chi connectivity index (χ1) is 11.6. The van der Waals surface area contributed by atoms with Crippen LogP contribution in [0, 0.1) is 15.9 Å². The summed E-state index contributed by atoms with van der Waals surface area (Å²) in [6, 6.07) is 14.9. The van der Waals surface area contributed by atoms with Crippen LogP contribution in [-0.4, -0.2) is 14.9 Å². The quantitative estimate of drug-likeness (QED) is 0.351. The monoisotopic (exact) mass is 439 g/mol. The molecule has 2 aromatic heterocycles. The molecule has 0 unspecified atom stereocenters. The molecular weight excluding hydrogens is 430 g/mol. The number of rotatable bonds is 3. The van der Waals surface area contributed by atoms with Gasteiger partial charge in [-0.2, -0.15) is 4.39 Å². The molecule has 5 nitrogen and oxygen atoms in total. The van der Waals surface area contributed by atoms with Crippen molar-refractivity contribution in [2.45, 2.75) is 0 Å². The molecule has 0 N–H and O–H groups in total. The molecular formula is C16H11BrFN3O2Zn. The molecule has 0 aliphatic rings. The summed E-state index contributed by atoms with van der Waals surface area (Å²) in [5.41, 5.74) is 0.558. The number of nitrogens with zero attached hydrogens (tertiary/aromatic N) is 3. The van der Waals surface area contributed by atoms with Crippen molar-refractivity contribution in [1.29, 1.82) is 0 Å². The van der Waals surface area contributed by atoms with E-state index in [-0.39, 0.29) is 0 Å². The zero-order valence-electron chi connectivity index (χ0n) is 12.5. The van der Waals surface area contributed by atoms with Gasteiger partial charge in [-0.1, -0.05) is 6.07 Å². The normalized spacial score (nSPS) is 9.42. The van der Waals surface area contributed by atoms with Gasteiger partial charge < -0.3 is 0 Å². The van der Waals surface area contributed by atoms with Crippen LogP contribution >= 0.6 is 13.6 Å². The molecule has 2 heterocycles. The van der Waals surface area contributed by atoms with Gasteiger partial charge in [0.05, 0.1) is 10.6 Å². The van der Waals surface area contributed by atoms with Crippen LogP contribution in [0.2, 0.25) is 0 Å². The third kappa shape index (κ3) is 5.25. The van der Waals surface area contributed by atoms with Gasteiger partial charge in [0.1, 0.15) is 0 Å². The zero-order chi connectivity index (χ0) is 17.4. The van der Waals surface area contributed by atoms with E-state index in [1.54, 1.807) is 24.4 Å². The first-order valence-electron chi connectivity index (χ1n) is 6.93. The second-order valence-electron chi connectivity index (χ2n) is 4.59. The number of nitro groups is 1. The van der Waals surface area contributed by atoms with E-state index in [0.29, 0.717) is 11.3 Å². The number of pyridine rings is 2. The standard InChI is InChI=1S/C11H7FN2O2.C5H4N.BrH.Zn/c12-9-5-4-8(7-11(9)14(15)16)10-3-1-2-6-13-10;1-2-4-6-5-3-1;;/h1-7H;1-4H;1H;/q;;;+1/p-1. The third-order valence-corrected chi connectivity index (χ3v) is 7.40. The molecule has 0 spiro atoms. The van der Waals surface area contributed by atoms with Crippen molar-refractivity contribution < 1.29 is 24.5 Å². The summed E-state index contributed by atoms with van der Waals surface area (Å²) in [4.78, 5) is 18.0. The van der Waals surface area contributed by atoms with E-state index in [1.807, 2.05) is 18.3 Å². The predicted octanol–water partition coefficient (Wildman–Crippen LogP) is 3.90.